The highest BCUT2D eigenvalue weighted by Gasteiger charge is 2.29. The van der Waals surface area contributed by atoms with E-state index in [4.69, 9.17) is 5.26 Å². The van der Waals surface area contributed by atoms with Crippen LogP contribution in [0.15, 0.2) is 35.0 Å². The van der Waals surface area contributed by atoms with E-state index >= 15 is 0 Å². The van der Waals surface area contributed by atoms with Crippen LogP contribution in [0.3, 0.4) is 0 Å². The first-order valence-electron chi connectivity index (χ1n) is 6.25. The summed E-state index contributed by atoms with van der Waals surface area (Å²) in [6, 6.07) is 9.34. The van der Waals surface area contributed by atoms with Gasteiger partial charge in [-0.1, -0.05) is 0 Å². The first-order valence-corrected chi connectivity index (χ1v) is 7.19. The molecule has 0 atom stereocenters. The molecule has 1 aliphatic carbocycles. The summed E-state index contributed by atoms with van der Waals surface area (Å²) in [4.78, 5) is 2.23. The number of anilines is 1. The fraction of sp³-hybridized carbons (Fsp3) is 0.267. The highest BCUT2D eigenvalue weighted by Crippen LogP contribution is 2.34. The van der Waals surface area contributed by atoms with Gasteiger partial charge in [0.25, 0.3) is 0 Å². The zero-order chi connectivity index (χ0) is 13.2. The minimum absolute atomic E-state index is 0.107. The van der Waals surface area contributed by atoms with Crippen molar-refractivity contribution in [2.45, 2.75) is 25.4 Å². The Labute approximate surface area is 115 Å². The Morgan fingerprint density at radius 2 is 2.21 bits per heavy atom. The van der Waals surface area contributed by atoms with Gasteiger partial charge in [0.05, 0.1) is 5.56 Å². The van der Waals surface area contributed by atoms with Crippen molar-refractivity contribution in [3.8, 4) is 6.07 Å². The monoisotopic (exact) mass is 272 g/mol. The molecule has 1 heterocycles. The lowest BCUT2D eigenvalue weighted by Gasteiger charge is -2.24. The molecular weight excluding hydrogens is 259 g/mol. The molecule has 0 aliphatic heterocycles. The highest BCUT2D eigenvalue weighted by atomic mass is 32.1. The van der Waals surface area contributed by atoms with Crippen LogP contribution in [0, 0.1) is 17.1 Å². The van der Waals surface area contributed by atoms with Gasteiger partial charge in [0, 0.05) is 18.3 Å². The van der Waals surface area contributed by atoms with Crippen LogP contribution in [0.1, 0.15) is 24.0 Å². The van der Waals surface area contributed by atoms with Crippen LogP contribution in [0.25, 0.3) is 0 Å². The Bertz CT molecular complexity index is 612. The van der Waals surface area contributed by atoms with Gasteiger partial charge < -0.3 is 4.90 Å². The number of rotatable bonds is 4. The number of thiophene rings is 1. The van der Waals surface area contributed by atoms with Gasteiger partial charge in [-0.05, 0) is 53.4 Å². The molecule has 0 amide bonds. The lowest BCUT2D eigenvalue weighted by atomic mass is 10.2. The standard InChI is InChI=1S/C15H13FN2S/c16-15-7-14(2-1-12(15)8-17)18(13-3-4-13)9-11-5-6-19-10-11/h1-2,5-7,10,13H,3-4,9H2. The molecule has 0 unspecified atom stereocenters. The maximum Gasteiger partial charge on any atom is 0.143 e. The maximum absolute atomic E-state index is 13.7. The summed E-state index contributed by atoms with van der Waals surface area (Å²) in [5.74, 6) is -0.434. The molecule has 0 bridgehead atoms. The Kier molecular flexibility index (Phi) is 3.22. The van der Waals surface area contributed by atoms with Crippen LogP contribution in [0.2, 0.25) is 0 Å². The van der Waals surface area contributed by atoms with Gasteiger partial charge in [-0.3, -0.25) is 0 Å². The molecule has 4 heteroatoms. The molecule has 0 radical (unpaired) electrons. The molecular formula is C15H13FN2S. The Balaban J connectivity index is 1.88. The first-order chi connectivity index (χ1) is 9.28. The highest BCUT2D eigenvalue weighted by molar-refractivity contribution is 7.07. The minimum atomic E-state index is -0.434. The van der Waals surface area contributed by atoms with E-state index in [0.29, 0.717) is 6.04 Å². The van der Waals surface area contributed by atoms with Crippen LogP contribution < -0.4 is 4.90 Å². The molecule has 2 nitrogen and oxygen atoms in total. The molecule has 96 valence electrons. The van der Waals surface area contributed by atoms with Crippen molar-refractivity contribution in [1.29, 1.82) is 5.26 Å². The van der Waals surface area contributed by atoms with Gasteiger partial charge in [0.2, 0.25) is 0 Å². The zero-order valence-corrected chi connectivity index (χ0v) is 11.2. The number of hydrogen-bond donors (Lipinski definition) is 0. The summed E-state index contributed by atoms with van der Waals surface area (Å²) in [6.07, 6.45) is 2.32. The van der Waals surface area contributed by atoms with E-state index in [1.165, 1.54) is 11.6 Å². The predicted molar refractivity (Wildman–Crippen MR) is 74.6 cm³/mol. The summed E-state index contributed by atoms with van der Waals surface area (Å²) in [6.45, 7) is 0.805. The van der Waals surface area contributed by atoms with E-state index < -0.39 is 5.82 Å². The van der Waals surface area contributed by atoms with E-state index in [0.717, 1.165) is 25.1 Å². The molecule has 19 heavy (non-hydrogen) atoms. The second-order valence-corrected chi connectivity index (χ2v) is 5.55. The van der Waals surface area contributed by atoms with Crippen LogP contribution in [0.5, 0.6) is 0 Å². The molecule has 1 aromatic heterocycles. The number of nitriles is 1. The quantitative estimate of drug-likeness (QED) is 0.843. The number of halogens is 1. The van der Waals surface area contributed by atoms with Gasteiger partial charge in [-0.2, -0.15) is 16.6 Å². The summed E-state index contributed by atoms with van der Waals surface area (Å²) < 4.78 is 13.7. The third-order valence-corrected chi connectivity index (χ3v) is 4.06. The lowest BCUT2D eigenvalue weighted by Crippen LogP contribution is -2.24. The molecule has 0 saturated heterocycles. The molecule has 1 saturated carbocycles. The van der Waals surface area contributed by atoms with Crippen LogP contribution >= 0.6 is 11.3 Å². The average Bonchev–Trinajstić information content (AvgIpc) is 3.13. The second kappa shape index (κ2) is 5.02. The summed E-state index contributed by atoms with van der Waals surface area (Å²) >= 11 is 1.67. The molecule has 0 spiro atoms. The van der Waals surface area contributed by atoms with E-state index in [1.807, 2.05) is 12.1 Å². The normalized spacial score (nSPS) is 14.1. The van der Waals surface area contributed by atoms with E-state index in [-0.39, 0.29) is 5.56 Å². The number of nitrogens with zero attached hydrogens (tertiary/aromatic N) is 2. The molecule has 1 fully saturated rings. The van der Waals surface area contributed by atoms with E-state index in [1.54, 1.807) is 17.4 Å². The Hall–Kier alpha value is -1.86. The van der Waals surface area contributed by atoms with Crippen LogP contribution in [0.4, 0.5) is 10.1 Å². The van der Waals surface area contributed by atoms with Gasteiger partial charge in [0.1, 0.15) is 11.9 Å². The van der Waals surface area contributed by atoms with Crippen molar-refractivity contribution in [3.05, 3.63) is 52.0 Å². The van der Waals surface area contributed by atoms with Gasteiger partial charge in [-0.15, -0.1) is 0 Å². The smallest absolute Gasteiger partial charge is 0.143 e. The fourth-order valence-electron chi connectivity index (χ4n) is 2.17. The van der Waals surface area contributed by atoms with Crippen molar-refractivity contribution in [3.63, 3.8) is 0 Å². The van der Waals surface area contributed by atoms with Gasteiger partial charge in [-0.25, -0.2) is 4.39 Å². The molecule has 1 aliphatic rings. The average molecular weight is 272 g/mol. The van der Waals surface area contributed by atoms with Crippen molar-refractivity contribution in [1.82, 2.24) is 0 Å². The fourth-order valence-corrected chi connectivity index (χ4v) is 2.83. The Morgan fingerprint density at radius 1 is 1.37 bits per heavy atom. The second-order valence-electron chi connectivity index (χ2n) is 4.77. The molecule has 2 aromatic rings. The lowest BCUT2D eigenvalue weighted by molar-refractivity contribution is 0.622. The van der Waals surface area contributed by atoms with Gasteiger partial charge >= 0.3 is 0 Å². The summed E-state index contributed by atoms with van der Waals surface area (Å²) in [5.41, 5.74) is 2.22. The minimum Gasteiger partial charge on any atom is -0.364 e. The molecule has 0 N–H and O–H groups in total. The van der Waals surface area contributed by atoms with Crippen molar-refractivity contribution >= 4 is 17.0 Å². The van der Waals surface area contributed by atoms with Crippen molar-refractivity contribution < 1.29 is 4.39 Å². The first kappa shape index (κ1) is 12.2. The number of hydrogen-bond acceptors (Lipinski definition) is 3. The third-order valence-electron chi connectivity index (χ3n) is 3.33. The van der Waals surface area contributed by atoms with E-state index in [9.17, 15) is 4.39 Å². The van der Waals surface area contributed by atoms with Crippen LogP contribution in [-0.2, 0) is 6.54 Å². The predicted octanol–water partition coefficient (Wildman–Crippen LogP) is 3.93. The molecule has 3 rings (SSSR count). The number of benzene rings is 1. The summed E-state index contributed by atoms with van der Waals surface area (Å²) in [7, 11) is 0. The largest absolute Gasteiger partial charge is 0.364 e. The van der Waals surface area contributed by atoms with Crippen molar-refractivity contribution in [2.24, 2.45) is 0 Å². The topological polar surface area (TPSA) is 27.0 Å². The van der Waals surface area contributed by atoms with Crippen molar-refractivity contribution in [2.75, 3.05) is 4.90 Å². The third kappa shape index (κ3) is 2.61. The maximum atomic E-state index is 13.7. The van der Waals surface area contributed by atoms with Crippen LogP contribution in [-0.4, -0.2) is 6.04 Å². The SMILES string of the molecule is N#Cc1ccc(N(Cc2ccsc2)C2CC2)cc1F. The van der Waals surface area contributed by atoms with E-state index in [2.05, 4.69) is 21.7 Å². The van der Waals surface area contributed by atoms with Gasteiger partial charge in [0.15, 0.2) is 0 Å². The summed E-state index contributed by atoms with van der Waals surface area (Å²) in [5, 5.41) is 13.0. The zero-order valence-electron chi connectivity index (χ0n) is 10.3. The molecule has 1 aromatic carbocycles. The Morgan fingerprint density at radius 3 is 2.79 bits per heavy atom.